The highest BCUT2D eigenvalue weighted by Gasteiger charge is 2.24. The molecule has 0 atom stereocenters. The molecule has 0 bridgehead atoms. The lowest BCUT2D eigenvalue weighted by molar-refractivity contribution is -0.114. The number of carbonyl (C=O) groups excluding carboxylic acids is 1. The third-order valence-electron chi connectivity index (χ3n) is 4.05. The van der Waals surface area contributed by atoms with Gasteiger partial charge in [-0.05, 0) is 38.0 Å². The maximum Gasteiger partial charge on any atom is 0.246 e. The monoisotopic (exact) mass is 500 g/mol. The summed E-state index contributed by atoms with van der Waals surface area (Å²) in [5.74, 6) is 2.81. The number of aliphatic imine (C=N–C) groups is 1. The fraction of sp³-hybridized carbons (Fsp3) is 0.524. The number of carbonyl (C=O) groups is 1. The van der Waals surface area contributed by atoms with Gasteiger partial charge >= 0.3 is 0 Å². The molecule has 156 valence electrons. The fourth-order valence-corrected chi connectivity index (χ4v) is 2.86. The molecule has 1 amide bonds. The molecule has 0 spiro atoms. The molecule has 1 aromatic carbocycles. The van der Waals surface area contributed by atoms with Crippen LogP contribution in [0, 0.1) is 12.3 Å². The average molecular weight is 500 g/mol. The predicted molar refractivity (Wildman–Crippen MR) is 127 cm³/mol. The maximum absolute atomic E-state index is 12.2. The first-order valence-corrected chi connectivity index (χ1v) is 9.57. The van der Waals surface area contributed by atoms with Gasteiger partial charge in [0.15, 0.2) is 5.96 Å². The third kappa shape index (κ3) is 9.95. The number of benzene rings is 1. The van der Waals surface area contributed by atoms with Gasteiger partial charge < -0.3 is 21.1 Å². The van der Waals surface area contributed by atoms with E-state index >= 15 is 0 Å². The van der Waals surface area contributed by atoms with E-state index in [1.54, 1.807) is 24.3 Å². The van der Waals surface area contributed by atoms with Crippen LogP contribution in [-0.2, 0) is 4.79 Å². The molecule has 0 fully saturated rings. The Morgan fingerprint density at radius 3 is 2.46 bits per heavy atom. The van der Waals surface area contributed by atoms with Gasteiger partial charge in [0.1, 0.15) is 6.54 Å². The molecule has 0 radical (unpaired) electrons. The number of halogens is 1. The number of terminal acetylenes is 1. The normalized spacial score (nSPS) is 11.2. The lowest BCUT2D eigenvalue weighted by atomic mass is 9.93. The van der Waals surface area contributed by atoms with Crippen molar-refractivity contribution >= 4 is 41.5 Å². The summed E-state index contributed by atoms with van der Waals surface area (Å²) in [6.07, 6.45) is 8.63. The zero-order valence-corrected chi connectivity index (χ0v) is 19.4. The summed E-state index contributed by atoms with van der Waals surface area (Å²) in [5, 5.41) is 19.7. The van der Waals surface area contributed by atoms with Gasteiger partial charge in [0, 0.05) is 24.3 Å². The quantitative estimate of drug-likeness (QED) is 0.172. The summed E-state index contributed by atoms with van der Waals surface area (Å²) < 4.78 is 0. The molecule has 1 rings (SSSR count). The topological polar surface area (TPSA) is 85.8 Å². The Bertz CT molecular complexity index is 665. The number of hydrogen-bond donors (Lipinski definition) is 4. The third-order valence-corrected chi connectivity index (χ3v) is 4.05. The minimum atomic E-state index is -0.766. The molecule has 0 aliphatic heterocycles. The highest BCUT2D eigenvalue weighted by molar-refractivity contribution is 14.0. The van der Waals surface area contributed by atoms with Gasteiger partial charge in [-0.2, -0.15) is 0 Å². The highest BCUT2D eigenvalue weighted by atomic mass is 127. The van der Waals surface area contributed by atoms with Crippen molar-refractivity contribution in [2.45, 2.75) is 52.1 Å². The summed E-state index contributed by atoms with van der Waals surface area (Å²) >= 11 is 0. The van der Waals surface area contributed by atoms with E-state index in [2.05, 4.69) is 40.7 Å². The summed E-state index contributed by atoms with van der Waals surface area (Å²) in [4.78, 5) is 16.5. The number of guanidine groups is 1. The van der Waals surface area contributed by atoms with Crippen LogP contribution in [0.15, 0.2) is 29.3 Å². The van der Waals surface area contributed by atoms with Crippen molar-refractivity contribution in [3.8, 4) is 12.3 Å². The lowest BCUT2D eigenvalue weighted by Gasteiger charge is -2.28. The summed E-state index contributed by atoms with van der Waals surface area (Å²) in [7, 11) is 0. The van der Waals surface area contributed by atoms with Crippen LogP contribution in [0.5, 0.6) is 0 Å². The maximum atomic E-state index is 12.2. The standard InChI is InChI=1S/C21H32N4O2.HI/c1-5-12-21(27,13-6-2)16-24-20(22-8-4)23-15-19(26)25-18-11-9-10-17(7-3)14-18;/h3,9-11,14,27H,5-6,8,12-13,15-16H2,1-2,4H3,(H,25,26)(H2,22,23,24);1H. The molecule has 4 N–H and O–H groups in total. The Morgan fingerprint density at radius 1 is 1.21 bits per heavy atom. The van der Waals surface area contributed by atoms with Crippen LogP contribution >= 0.6 is 24.0 Å². The van der Waals surface area contributed by atoms with Gasteiger partial charge in [0.05, 0.1) is 5.60 Å². The molecular formula is C21H33IN4O2. The first kappa shape index (κ1) is 26.2. The van der Waals surface area contributed by atoms with Crippen LogP contribution in [0.1, 0.15) is 52.0 Å². The van der Waals surface area contributed by atoms with Crippen LogP contribution in [-0.4, -0.2) is 42.2 Å². The Kier molecular flexibility index (Phi) is 13.3. The van der Waals surface area contributed by atoms with Crippen molar-refractivity contribution in [1.29, 1.82) is 0 Å². The van der Waals surface area contributed by atoms with Gasteiger partial charge in [0.2, 0.25) is 5.91 Å². The number of amides is 1. The fourth-order valence-electron chi connectivity index (χ4n) is 2.86. The number of hydrogen-bond acceptors (Lipinski definition) is 3. The van der Waals surface area contributed by atoms with E-state index in [0.717, 1.165) is 25.7 Å². The Hall–Kier alpha value is -1.79. The highest BCUT2D eigenvalue weighted by Crippen LogP contribution is 2.18. The SMILES string of the molecule is C#Cc1cccc(NC(=O)CN=C(NCC)NCC(O)(CCC)CCC)c1.I. The molecule has 0 aromatic heterocycles. The van der Waals surface area contributed by atoms with E-state index in [0.29, 0.717) is 30.3 Å². The zero-order chi connectivity index (χ0) is 20.1. The van der Waals surface area contributed by atoms with Crippen molar-refractivity contribution in [3.05, 3.63) is 29.8 Å². The first-order valence-electron chi connectivity index (χ1n) is 9.57. The Balaban J connectivity index is 0.00000729. The second kappa shape index (κ2) is 14.2. The molecule has 7 heteroatoms. The molecular weight excluding hydrogens is 467 g/mol. The molecule has 0 saturated carbocycles. The van der Waals surface area contributed by atoms with E-state index in [9.17, 15) is 9.90 Å². The van der Waals surface area contributed by atoms with Crippen LogP contribution in [0.4, 0.5) is 5.69 Å². The first-order chi connectivity index (χ1) is 13.0. The molecule has 0 saturated heterocycles. The minimum absolute atomic E-state index is 0. The van der Waals surface area contributed by atoms with Crippen molar-refractivity contribution in [1.82, 2.24) is 10.6 Å². The average Bonchev–Trinajstić information content (AvgIpc) is 2.64. The number of rotatable bonds is 10. The molecule has 0 heterocycles. The van der Waals surface area contributed by atoms with Gasteiger partial charge in [-0.15, -0.1) is 30.4 Å². The minimum Gasteiger partial charge on any atom is -0.388 e. The second-order valence-electron chi connectivity index (χ2n) is 6.55. The van der Waals surface area contributed by atoms with Gasteiger partial charge in [-0.1, -0.05) is 38.7 Å². The molecule has 0 aliphatic rings. The van der Waals surface area contributed by atoms with Gasteiger partial charge in [0.25, 0.3) is 0 Å². The van der Waals surface area contributed by atoms with Crippen LogP contribution in [0.3, 0.4) is 0 Å². The van der Waals surface area contributed by atoms with E-state index in [1.807, 2.05) is 6.92 Å². The molecule has 1 aromatic rings. The summed E-state index contributed by atoms with van der Waals surface area (Å²) in [6, 6.07) is 7.11. The lowest BCUT2D eigenvalue weighted by Crippen LogP contribution is -2.47. The number of nitrogens with zero attached hydrogens (tertiary/aromatic N) is 1. The Labute approximate surface area is 186 Å². The second-order valence-corrected chi connectivity index (χ2v) is 6.55. The summed E-state index contributed by atoms with van der Waals surface area (Å²) in [5.41, 5.74) is 0.582. The molecule has 6 nitrogen and oxygen atoms in total. The zero-order valence-electron chi connectivity index (χ0n) is 17.0. The molecule has 0 aliphatic carbocycles. The summed E-state index contributed by atoms with van der Waals surface area (Å²) in [6.45, 7) is 7.09. The van der Waals surface area contributed by atoms with E-state index in [1.165, 1.54) is 0 Å². The van der Waals surface area contributed by atoms with Crippen LogP contribution in [0.25, 0.3) is 0 Å². The smallest absolute Gasteiger partial charge is 0.246 e. The number of aliphatic hydroxyl groups is 1. The number of nitrogens with one attached hydrogen (secondary N) is 3. The van der Waals surface area contributed by atoms with Crippen LogP contribution in [0.2, 0.25) is 0 Å². The van der Waals surface area contributed by atoms with Gasteiger partial charge in [-0.3, -0.25) is 4.79 Å². The van der Waals surface area contributed by atoms with Crippen LogP contribution < -0.4 is 16.0 Å². The largest absolute Gasteiger partial charge is 0.388 e. The van der Waals surface area contributed by atoms with E-state index in [4.69, 9.17) is 6.42 Å². The Morgan fingerprint density at radius 2 is 1.89 bits per heavy atom. The van der Waals surface area contributed by atoms with Crippen molar-refractivity contribution < 1.29 is 9.90 Å². The molecule has 28 heavy (non-hydrogen) atoms. The predicted octanol–water partition coefficient (Wildman–Crippen LogP) is 3.11. The van der Waals surface area contributed by atoms with E-state index < -0.39 is 5.60 Å². The van der Waals surface area contributed by atoms with E-state index in [-0.39, 0.29) is 36.4 Å². The van der Waals surface area contributed by atoms with Crippen molar-refractivity contribution in [2.24, 2.45) is 4.99 Å². The molecule has 0 unspecified atom stereocenters. The number of anilines is 1. The van der Waals surface area contributed by atoms with Gasteiger partial charge in [-0.25, -0.2) is 4.99 Å². The van der Waals surface area contributed by atoms with Crippen molar-refractivity contribution in [2.75, 3.05) is 25.0 Å². The van der Waals surface area contributed by atoms with Crippen molar-refractivity contribution in [3.63, 3.8) is 0 Å².